The van der Waals surface area contributed by atoms with Crippen molar-refractivity contribution in [2.45, 2.75) is 0 Å². The molecule has 0 spiro atoms. The van der Waals surface area contributed by atoms with Crippen LogP contribution in [0.5, 0.6) is 0 Å². The van der Waals surface area contributed by atoms with E-state index < -0.39 is 0 Å². The fourth-order valence-electron chi connectivity index (χ4n) is 1.57. The summed E-state index contributed by atoms with van der Waals surface area (Å²) in [5, 5.41) is 3.45. The number of halogens is 1. The molecule has 0 aromatic carbocycles. The van der Waals surface area contributed by atoms with Crippen LogP contribution >= 0.6 is 46.4 Å². The van der Waals surface area contributed by atoms with Gasteiger partial charge in [0, 0.05) is 6.20 Å². The number of fused-ring (bicyclic) bond motifs is 1. The second-order valence-electron chi connectivity index (χ2n) is 3.71. The van der Waals surface area contributed by atoms with Crippen LogP contribution < -0.4 is 8.85 Å². The predicted octanol–water partition coefficient (Wildman–Crippen LogP) is 2.78. The number of rotatable bonds is 2. The van der Waals surface area contributed by atoms with Crippen molar-refractivity contribution in [1.82, 2.24) is 23.5 Å². The van der Waals surface area contributed by atoms with E-state index in [2.05, 4.69) is 28.8 Å². The molecule has 3 heterocycles. The van der Waals surface area contributed by atoms with E-state index in [1.54, 1.807) is 17.9 Å². The SMILES string of the molecule is S=C(NI)Nc1ccc2ncc(-c3cncs3)nc2n1. The van der Waals surface area contributed by atoms with Crippen molar-refractivity contribution < 1.29 is 0 Å². The Balaban J connectivity index is 2.01. The first-order valence-corrected chi connectivity index (χ1v) is 7.83. The summed E-state index contributed by atoms with van der Waals surface area (Å²) >= 11 is 8.51. The molecule has 6 nitrogen and oxygen atoms in total. The largest absolute Gasteiger partial charge is 0.317 e. The second-order valence-corrected chi connectivity index (χ2v) is 5.54. The van der Waals surface area contributed by atoms with E-state index in [0.29, 0.717) is 16.6 Å². The molecule has 0 radical (unpaired) electrons. The number of nitrogens with one attached hydrogen (secondary N) is 2. The molecule has 0 amide bonds. The molecule has 0 saturated heterocycles. The van der Waals surface area contributed by atoms with Gasteiger partial charge in [0.05, 0.1) is 39.4 Å². The molecule has 0 saturated carbocycles. The molecule has 3 rings (SSSR count). The Hall–Kier alpha value is -1.46. The van der Waals surface area contributed by atoms with Crippen LogP contribution in [0, 0.1) is 0 Å². The molecule has 0 aliphatic carbocycles. The van der Waals surface area contributed by atoms with Crippen molar-refractivity contribution in [2.75, 3.05) is 5.32 Å². The van der Waals surface area contributed by atoms with Gasteiger partial charge >= 0.3 is 0 Å². The van der Waals surface area contributed by atoms with E-state index in [1.807, 2.05) is 35.0 Å². The van der Waals surface area contributed by atoms with E-state index in [-0.39, 0.29) is 0 Å². The fraction of sp³-hybridized carbons (Fsp3) is 0. The highest BCUT2D eigenvalue weighted by atomic mass is 127. The van der Waals surface area contributed by atoms with Gasteiger partial charge < -0.3 is 8.85 Å². The lowest BCUT2D eigenvalue weighted by Gasteiger charge is -2.06. The third-order valence-corrected chi connectivity index (χ3v) is 4.32. The molecule has 3 aromatic heterocycles. The topological polar surface area (TPSA) is 75.6 Å². The van der Waals surface area contributed by atoms with Crippen molar-refractivity contribution in [2.24, 2.45) is 0 Å². The molecule has 0 bridgehead atoms. The van der Waals surface area contributed by atoms with Gasteiger partial charge in [-0.2, -0.15) is 0 Å². The van der Waals surface area contributed by atoms with Crippen molar-refractivity contribution >= 4 is 68.5 Å². The van der Waals surface area contributed by atoms with Gasteiger partial charge in [0.15, 0.2) is 10.8 Å². The van der Waals surface area contributed by atoms with Gasteiger partial charge in [0.2, 0.25) is 0 Å². The lowest BCUT2D eigenvalue weighted by molar-refractivity contribution is 1.23. The summed E-state index contributed by atoms with van der Waals surface area (Å²) in [6.07, 6.45) is 3.49. The maximum Gasteiger partial charge on any atom is 0.180 e. The molecular formula is C11H7IN6S2. The van der Waals surface area contributed by atoms with E-state index in [0.717, 1.165) is 16.1 Å². The Kier molecular flexibility index (Phi) is 3.98. The Bertz CT molecular complexity index is 761. The minimum Gasteiger partial charge on any atom is -0.317 e. The molecule has 100 valence electrons. The number of hydrogen-bond donors (Lipinski definition) is 2. The Morgan fingerprint density at radius 2 is 2.15 bits per heavy atom. The van der Waals surface area contributed by atoms with Crippen molar-refractivity contribution in [3.63, 3.8) is 0 Å². The van der Waals surface area contributed by atoms with Gasteiger partial charge in [-0.1, -0.05) is 0 Å². The summed E-state index contributed by atoms with van der Waals surface area (Å²) in [6.45, 7) is 0. The van der Waals surface area contributed by atoms with Crippen LogP contribution in [-0.4, -0.2) is 25.0 Å². The summed E-state index contributed by atoms with van der Waals surface area (Å²) in [7, 11) is 0. The van der Waals surface area contributed by atoms with Crippen molar-refractivity contribution in [1.29, 1.82) is 0 Å². The lowest BCUT2D eigenvalue weighted by Crippen LogP contribution is -2.20. The van der Waals surface area contributed by atoms with Crippen LogP contribution in [0.25, 0.3) is 21.7 Å². The van der Waals surface area contributed by atoms with Crippen LogP contribution in [0.3, 0.4) is 0 Å². The van der Waals surface area contributed by atoms with Gasteiger partial charge in [0.1, 0.15) is 17.0 Å². The van der Waals surface area contributed by atoms with Gasteiger partial charge in [-0.25, -0.2) is 9.97 Å². The standard InChI is InChI=1S/C11H7IN6S2/c12-18-11(19)17-9-2-1-6-10(16-9)15-7(3-14-6)8-4-13-5-20-8/h1-5H,(H2,15,16,17,18,19). The van der Waals surface area contributed by atoms with E-state index >= 15 is 0 Å². The second kappa shape index (κ2) is 5.89. The molecule has 20 heavy (non-hydrogen) atoms. The monoisotopic (exact) mass is 414 g/mol. The van der Waals surface area contributed by atoms with E-state index in [4.69, 9.17) is 12.2 Å². The summed E-state index contributed by atoms with van der Waals surface area (Å²) in [5.74, 6) is 0.627. The fourth-order valence-corrected chi connectivity index (χ4v) is 2.38. The van der Waals surface area contributed by atoms with Crippen molar-refractivity contribution in [3.8, 4) is 10.6 Å². The average Bonchev–Trinajstić information content (AvgIpc) is 3.00. The van der Waals surface area contributed by atoms with Crippen LogP contribution in [-0.2, 0) is 0 Å². The highest BCUT2D eigenvalue weighted by Gasteiger charge is 2.06. The van der Waals surface area contributed by atoms with Crippen LogP contribution in [0.15, 0.2) is 30.0 Å². The number of aromatic nitrogens is 4. The molecule has 0 aliphatic rings. The van der Waals surface area contributed by atoms with Crippen molar-refractivity contribution in [3.05, 3.63) is 30.0 Å². The molecule has 0 aliphatic heterocycles. The molecule has 3 aromatic rings. The predicted molar refractivity (Wildman–Crippen MR) is 91.8 cm³/mol. The van der Waals surface area contributed by atoms with Gasteiger partial charge in [0.25, 0.3) is 0 Å². The molecular weight excluding hydrogens is 407 g/mol. The normalized spacial score (nSPS) is 10.4. The average molecular weight is 414 g/mol. The van der Waals surface area contributed by atoms with Gasteiger partial charge in [-0.15, -0.1) is 11.3 Å². The zero-order valence-electron chi connectivity index (χ0n) is 9.87. The molecule has 9 heteroatoms. The molecule has 0 unspecified atom stereocenters. The zero-order chi connectivity index (χ0) is 13.9. The lowest BCUT2D eigenvalue weighted by atomic mass is 10.3. The highest BCUT2D eigenvalue weighted by molar-refractivity contribution is 14.1. The number of pyridine rings is 1. The number of thiocarbonyl (C=S) groups is 1. The smallest absolute Gasteiger partial charge is 0.180 e. The Morgan fingerprint density at radius 1 is 1.25 bits per heavy atom. The maximum atomic E-state index is 5.04. The highest BCUT2D eigenvalue weighted by Crippen LogP contribution is 2.22. The summed E-state index contributed by atoms with van der Waals surface area (Å²) in [4.78, 5) is 18.3. The first-order valence-electron chi connectivity index (χ1n) is 5.46. The van der Waals surface area contributed by atoms with Crippen LogP contribution in [0.4, 0.5) is 5.82 Å². The Morgan fingerprint density at radius 3 is 2.90 bits per heavy atom. The zero-order valence-corrected chi connectivity index (χ0v) is 13.7. The van der Waals surface area contributed by atoms with E-state index in [1.165, 1.54) is 11.3 Å². The summed E-state index contributed by atoms with van der Waals surface area (Å²) in [5.41, 5.74) is 3.82. The Labute approximate surface area is 137 Å². The molecule has 0 atom stereocenters. The minimum absolute atomic E-state index is 0.490. The summed E-state index contributed by atoms with van der Waals surface area (Å²) in [6, 6.07) is 3.66. The summed E-state index contributed by atoms with van der Waals surface area (Å²) < 4.78 is 2.80. The number of nitrogens with zero attached hydrogens (tertiary/aromatic N) is 4. The number of thiazole rings is 1. The van der Waals surface area contributed by atoms with Gasteiger partial charge in [-0.3, -0.25) is 9.97 Å². The molecule has 2 N–H and O–H groups in total. The first-order chi connectivity index (χ1) is 9.76. The first kappa shape index (κ1) is 13.5. The quantitative estimate of drug-likeness (QED) is 0.380. The maximum absolute atomic E-state index is 5.04. The van der Waals surface area contributed by atoms with Crippen LogP contribution in [0.2, 0.25) is 0 Å². The van der Waals surface area contributed by atoms with Crippen LogP contribution in [0.1, 0.15) is 0 Å². The van der Waals surface area contributed by atoms with Gasteiger partial charge in [-0.05, 0) is 24.4 Å². The minimum atomic E-state index is 0.490. The van der Waals surface area contributed by atoms with E-state index in [9.17, 15) is 0 Å². The third kappa shape index (κ3) is 2.83. The third-order valence-electron chi connectivity index (χ3n) is 2.42. The molecule has 0 fully saturated rings. The number of hydrogen-bond acceptors (Lipinski definition) is 6. The number of anilines is 1.